The Labute approximate surface area is 106 Å². The number of nitrogen functional groups attached to an aromatic ring is 1. The Morgan fingerprint density at radius 3 is 2.61 bits per heavy atom. The molecule has 1 aromatic carbocycles. The molecule has 1 aromatic heterocycles. The maximum atomic E-state index is 5.70. The summed E-state index contributed by atoms with van der Waals surface area (Å²) in [5.41, 5.74) is 6.44. The van der Waals surface area contributed by atoms with Gasteiger partial charge in [0, 0.05) is 13.2 Å². The topological polar surface area (TPSA) is 70.3 Å². The van der Waals surface area contributed by atoms with Crippen molar-refractivity contribution in [1.29, 1.82) is 0 Å². The van der Waals surface area contributed by atoms with Gasteiger partial charge < -0.3 is 15.2 Å². The molecule has 2 aromatic rings. The Morgan fingerprint density at radius 1 is 1.11 bits per heavy atom. The Kier molecular flexibility index (Phi) is 4.09. The average molecular weight is 245 g/mol. The van der Waals surface area contributed by atoms with E-state index in [9.17, 15) is 0 Å². The van der Waals surface area contributed by atoms with Crippen LogP contribution in [0.1, 0.15) is 11.5 Å². The van der Waals surface area contributed by atoms with Gasteiger partial charge >= 0.3 is 0 Å². The van der Waals surface area contributed by atoms with Gasteiger partial charge in [-0.15, -0.1) is 0 Å². The monoisotopic (exact) mass is 245 g/mol. The van der Waals surface area contributed by atoms with Gasteiger partial charge in [0.2, 0.25) is 0 Å². The number of hydrogen-bond acceptors (Lipinski definition) is 5. The van der Waals surface area contributed by atoms with Gasteiger partial charge in [-0.25, -0.2) is 9.97 Å². The zero-order chi connectivity index (χ0) is 12.8. The lowest BCUT2D eigenvalue weighted by Gasteiger charge is -2.07. The summed E-state index contributed by atoms with van der Waals surface area (Å²) in [6, 6.07) is 11.2. The predicted octanol–water partition coefficient (Wildman–Crippen LogP) is 1.78. The van der Waals surface area contributed by atoms with Crippen molar-refractivity contribution < 1.29 is 9.47 Å². The number of para-hydroxylation sites is 1. The number of rotatable bonds is 5. The molecule has 5 heteroatoms. The van der Waals surface area contributed by atoms with Gasteiger partial charge in [-0.2, -0.15) is 0 Å². The number of aromatic nitrogens is 2. The molecule has 0 aliphatic carbocycles. The Bertz CT molecular complexity index is 503. The molecule has 0 saturated heterocycles. The summed E-state index contributed by atoms with van der Waals surface area (Å²) in [6.45, 7) is 0.691. The summed E-state index contributed by atoms with van der Waals surface area (Å²) in [5.74, 6) is 1.74. The molecule has 2 rings (SSSR count). The summed E-state index contributed by atoms with van der Waals surface area (Å²) in [7, 11) is 1.61. The smallest absolute Gasteiger partial charge is 0.168 e. The number of benzene rings is 1. The van der Waals surface area contributed by atoms with Crippen molar-refractivity contribution in [3.63, 3.8) is 0 Å². The summed E-state index contributed by atoms with van der Waals surface area (Å²) in [5, 5.41) is 0. The van der Waals surface area contributed by atoms with E-state index in [0.29, 0.717) is 18.2 Å². The highest BCUT2D eigenvalue weighted by atomic mass is 16.5. The third-order valence-electron chi connectivity index (χ3n) is 2.25. The van der Waals surface area contributed by atoms with Gasteiger partial charge in [0.1, 0.15) is 18.2 Å². The van der Waals surface area contributed by atoms with Crippen LogP contribution in [0.15, 0.2) is 36.4 Å². The molecule has 0 saturated carbocycles. The normalized spacial score (nSPS) is 10.3. The van der Waals surface area contributed by atoms with Crippen molar-refractivity contribution in [3.8, 4) is 5.75 Å². The van der Waals surface area contributed by atoms with Gasteiger partial charge in [-0.05, 0) is 12.1 Å². The van der Waals surface area contributed by atoms with Gasteiger partial charge in [-0.3, -0.25) is 0 Å². The molecule has 5 nitrogen and oxygen atoms in total. The molecule has 0 radical (unpaired) electrons. The highest BCUT2D eigenvalue weighted by molar-refractivity contribution is 5.29. The van der Waals surface area contributed by atoms with E-state index < -0.39 is 0 Å². The number of methoxy groups -OCH3 is 1. The lowest BCUT2D eigenvalue weighted by Crippen LogP contribution is -2.07. The standard InChI is InChI=1S/C13H15N3O2/c1-17-8-10-7-12(14)16-13(15-10)9-18-11-5-3-2-4-6-11/h2-7H,8-9H2,1H3,(H2,14,15,16). The molecule has 18 heavy (non-hydrogen) atoms. The minimum atomic E-state index is 0.283. The molecular weight excluding hydrogens is 230 g/mol. The molecule has 0 aliphatic heterocycles. The van der Waals surface area contributed by atoms with E-state index in [2.05, 4.69) is 9.97 Å². The molecule has 0 spiro atoms. The molecule has 2 N–H and O–H groups in total. The van der Waals surface area contributed by atoms with E-state index in [4.69, 9.17) is 15.2 Å². The fraction of sp³-hybridized carbons (Fsp3) is 0.231. The molecule has 0 fully saturated rings. The van der Waals surface area contributed by atoms with Crippen molar-refractivity contribution in [2.45, 2.75) is 13.2 Å². The van der Waals surface area contributed by atoms with E-state index in [-0.39, 0.29) is 6.61 Å². The van der Waals surface area contributed by atoms with Gasteiger partial charge in [0.25, 0.3) is 0 Å². The first-order valence-electron chi connectivity index (χ1n) is 5.57. The lowest BCUT2D eigenvalue weighted by molar-refractivity contribution is 0.180. The minimum Gasteiger partial charge on any atom is -0.486 e. The Morgan fingerprint density at radius 2 is 1.89 bits per heavy atom. The largest absolute Gasteiger partial charge is 0.486 e. The Balaban J connectivity index is 2.05. The van der Waals surface area contributed by atoms with E-state index in [1.54, 1.807) is 13.2 Å². The third kappa shape index (κ3) is 3.43. The number of nitrogens with two attached hydrogens (primary N) is 1. The maximum absolute atomic E-state index is 5.70. The molecule has 0 aliphatic rings. The minimum absolute atomic E-state index is 0.283. The number of hydrogen-bond donors (Lipinski definition) is 1. The molecular formula is C13H15N3O2. The van der Waals surface area contributed by atoms with E-state index in [0.717, 1.165) is 11.4 Å². The molecule has 0 unspecified atom stereocenters. The van der Waals surface area contributed by atoms with Gasteiger partial charge in [0.05, 0.1) is 12.3 Å². The summed E-state index contributed by atoms with van der Waals surface area (Å²) in [4.78, 5) is 8.41. The first-order valence-corrected chi connectivity index (χ1v) is 5.57. The van der Waals surface area contributed by atoms with Crippen molar-refractivity contribution in [3.05, 3.63) is 47.9 Å². The SMILES string of the molecule is COCc1cc(N)nc(COc2ccccc2)n1. The predicted molar refractivity (Wildman–Crippen MR) is 67.9 cm³/mol. The van der Waals surface area contributed by atoms with Crippen LogP contribution in [0.3, 0.4) is 0 Å². The van der Waals surface area contributed by atoms with Crippen LogP contribution in [-0.4, -0.2) is 17.1 Å². The zero-order valence-corrected chi connectivity index (χ0v) is 10.2. The van der Waals surface area contributed by atoms with Crippen LogP contribution in [0.25, 0.3) is 0 Å². The summed E-state index contributed by atoms with van der Waals surface area (Å²) in [6.07, 6.45) is 0. The highest BCUT2D eigenvalue weighted by Gasteiger charge is 2.03. The number of anilines is 1. The fourth-order valence-corrected chi connectivity index (χ4v) is 1.53. The van der Waals surface area contributed by atoms with Crippen LogP contribution >= 0.6 is 0 Å². The van der Waals surface area contributed by atoms with Crippen LogP contribution < -0.4 is 10.5 Å². The van der Waals surface area contributed by atoms with E-state index >= 15 is 0 Å². The Hall–Kier alpha value is -2.14. The number of nitrogens with zero attached hydrogens (tertiary/aromatic N) is 2. The van der Waals surface area contributed by atoms with Crippen molar-refractivity contribution in [1.82, 2.24) is 9.97 Å². The van der Waals surface area contributed by atoms with Gasteiger partial charge in [0.15, 0.2) is 5.82 Å². The zero-order valence-electron chi connectivity index (χ0n) is 10.2. The third-order valence-corrected chi connectivity index (χ3v) is 2.25. The molecule has 0 bridgehead atoms. The first-order chi connectivity index (χ1) is 8.78. The van der Waals surface area contributed by atoms with Gasteiger partial charge in [-0.1, -0.05) is 18.2 Å². The van der Waals surface area contributed by atoms with E-state index in [1.165, 1.54) is 0 Å². The van der Waals surface area contributed by atoms with Crippen LogP contribution in [0.5, 0.6) is 5.75 Å². The second kappa shape index (κ2) is 5.97. The molecule has 94 valence electrons. The quantitative estimate of drug-likeness (QED) is 0.869. The first kappa shape index (κ1) is 12.3. The lowest BCUT2D eigenvalue weighted by atomic mass is 10.3. The second-order valence-electron chi connectivity index (χ2n) is 3.74. The van der Waals surface area contributed by atoms with Crippen LogP contribution in [-0.2, 0) is 18.0 Å². The van der Waals surface area contributed by atoms with Crippen LogP contribution in [0.2, 0.25) is 0 Å². The van der Waals surface area contributed by atoms with Crippen LogP contribution in [0.4, 0.5) is 5.82 Å². The molecule has 1 heterocycles. The summed E-state index contributed by atoms with van der Waals surface area (Å²) < 4.78 is 10.6. The second-order valence-corrected chi connectivity index (χ2v) is 3.74. The van der Waals surface area contributed by atoms with Crippen molar-refractivity contribution in [2.75, 3.05) is 12.8 Å². The fourth-order valence-electron chi connectivity index (χ4n) is 1.53. The van der Waals surface area contributed by atoms with Crippen molar-refractivity contribution in [2.24, 2.45) is 0 Å². The number of ether oxygens (including phenoxy) is 2. The molecule has 0 atom stereocenters. The van der Waals surface area contributed by atoms with Crippen LogP contribution in [0, 0.1) is 0 Å². The van der Waals surface area contributed by atoms with E-state index in [1.807, 2.05) is 30.3 Å². The molecule has 0 amide bonds. The maximum Gasteiger partial charge on any atom is 0.168 e. The summed E-state index contributed by atoms with van der Waals surface area (Å²) >= 11 is 0. The average Bonchev–Trinajstić information content (AvgIpc) is 2.37. The highest BCUT2D eigenvalue weighted by Crippen LogP contribution is 2.11. The van der Waals surface area contributed by atoms with Crippen molar-refractivity contribution >= 4 is 5.82 Å².